The van der Waals surface area contributed by atoms with Crippen molar-refractivity contribution in [3.05, 3.63) is 95.3 Å². The Labute approximate surface area is 233 Å². The minimum absolute atomic E-state index is 0.0201. The summed E-state index contributed by atoms with van der Waals surface area (Å²) in [7, 11) is 1.18. The maximum atomic E-state index is 15.0. The van der Waals surface area contributed by atoms with Gasteiger partial charge in [-0.3, -0.25) is 4.79 Å². The quantitative estimate of drug-likeness (QED) is 0.230. The first kappa shape index (κ1) is 29.5. The van der Waals surface area contributed by atoms with Crippen LogP contribution in [0.15, 0.2) is 84.2 Å². The van der Waals surface area contributed by atoms with Crippen LogP contribution in [-0.2, 0) is 15.7 Å². The fourth-order valence-corrected chi connectivity index (χ4v) is 4.54. The van der Waals surface area contributed by atoms with Crippen LogP contribution >= 0.6 is 0 Å². The Morgan fingerprint density at radius 3 is 2.24 bits per heavy atom. The molecule has 214 valence electrons. The van der Waals surface area contributed by atoms with Gasteiger partial charge < -0.3 is 14.8 Å². The number of carbonyl (C=O) groups excluding carboxylic acids is 2. The van der Waals surface area contributed by atoms with Gasteiger partial charge in [0.05, 0.1) is 18.2 Å². The molecule has 1 N–H and O–H groups in total. The molecule has 0 radical (unpaired) electrons. The molecule has 0 fully saturated rings. The summed E-state index contributed by atoms with van der Waals surface area (Å²) in [6.45, 7) is 2.17. The number of amides is 1. The number of esters is 1. The Hall–Kier alpha value is -4.47. The normalized spacial score (nSPS) is 16.9. The van der Waals surface area contributed by atoms with Crippen molar-refractivity contribution in [2.45, 2.75) is 32.1 Å². The molecular formula is C31H26F5NO4. The van der Waals surface area contributed by atoms with Gasteiger partial charge in [-0.2, -0.15) is 13.2 Å². The monoisotopic (exact) mass is 571 g/mol. The number of alkyl halides is 4. The summed E-state index contributed by atoms with van der Waals surface area (Å²) in [5.41, 5.74) is -1.43. The van der Waals surface area contributed by atoms with Crippen LogP contribution in [0.5, 0.6) is 5.75 Å². The predicted molar refractivity (Wildman–Crippen MR) is 145 cm³/mol. The van der Waals surface area contributed by atoms with Gasteiger partial charge in [-0.25, -0.2) is 13.6 Å². The van der Waals surface area contributed by atoms with Gasteiger partial charge in [0, 0.05) is 30.2 Å². The minimum atomic E-state index is -4.68. The highest BCUT2D eigenvalue weighted by Gasteiger charge is 2.34. The van der Waals surface area contributed by atoms with Gasteiger partial charge in [-0.05, 0) is 60.0 Å². The summed E-state index contributed by atoms with van der Waals surface area (Å²) in [6.07, 6.45) is -2.77. The van der Waals surface area contributed by atoms with Crippen LogP contribution in [0, 0.1) is 0 Å². The molecule has 0 spiro atoms. The van der Waals surface area contributed by atoms with E-state index in [9.17, 15) is 27.2 Å². The summed E-state index contributed by atoms with van der Waals surface area (Å²) >= 11 is 0. The number of allylic oxidation sites excluding steroid dienone is 3. The van der Waals surface area contributed by atoms with Crippen LogP contribution in [-0.4, -0.2) is 31.3 Å². The summed E-state index contributed by atoms with van der Waals surface area (Å²) < 4.78 is 80.8. The van der Waals surface area contributed by atoms with Crippen LogP contribution in [0.3, 0.4) is 0 Å². The number of carbonyl (C=O) groups is 2. The number of benzene rings is 3. The lowest BCUT2D eigenvalue weighted by Crippen LogP contribution is -2.27. The molecule has 5 nitrogen and oxygen atoms in total. The van der Waals surface area contributed by atoms with E-state index in [1.165, 1.54) is 33.1 Å². The number of ether oxygens (including phenoxy) is 2. The van der Waals surface area contributed by atoms with Gasteiger partial charge in [-0.15, -0.1) is 0 Å². The lowest BCUT2D eigenvalue weighted by atomic mass is 9.89. The van der Waals surface area contributed by atoms with E-state index in [1.54, 1.807) is 36.4 Å². The van der Waals surface area contributed by atoms with Crippen LogP contribution in [0.2, 0.25) is 0 Å². The molecule has 0 aliphatic heterocycles. The van der Waals surface area contributed by atoms with Crippen molar-refractivity contribution in [3.8, 4) is 28.0 Å². The number of hydrogen-bond donors (Lipinski definition) is 1. The molecule has 1 aliphatic rings. The zero-order valence-corrected chi connectivity index (χ0v) is 22.4. The molecule has 0 saturated heterocycles. The zero-order chi connectivity index (χ0) is 29.9. The molecule has 1 unspecified atom stereocenters. The lowest BCUT2D eigenvalue weighted by Gasteiger charge is -2.26. The van der Waals surface area contributed by atoms with E-state index in [2.05, 4.69) is 5.32 Å². The fraction of sp³-hybridized carbons (Fsp3) is 0.226. The molecule has 10 heteroatoms. The Balaban J connectivity index is 1.86. The van der Waals surface area contributed by atoms with E-state index < -0.39 is 35.6 Å². The second kappa shape index (κ2) is 11.6. The van der Waals surface area contributed by atoms with Gasteiger partial charge in [0.2, 0.25) is 5.91 Å². The SMILES string of the molecule is COC(=O)c1cc(NC(C)=O)ccc1-c1ccccc1-c1cc(C(F)(F)F)ccc1OCC1=CC=C(F)CC1(C)F. The lowest BCUT2D eigenvalue weighted by molar-refractivity contribution is -0.137. The minimum Gasteiger partial charge on any atom is -0.488 e. The van der Waals surface area contributed by atoms with Gasteiger partial charge >= 0.3 is 12.1 Å². The van der Waals surface area contributed by atoms with Crippen LogP contribution in [0.1, 0.15) is 36.2 Å². The molecule has 0 saturated carbocycles. The van der Waals surface area contributed by atoms with Crippen molar-refractivity contribution >= 4 is 17.6 Å². The molecule has 4 rings (SSSR count). The largest absolute Gasteiger partial charge is 0.488 e. The smallest absolute Gasteiger partial charge is 0.416 e. The van der Waals surface area contributed by atoms with Crippen LogP contribution in [0.4, 0.5) is 27.6 Å². The standard InChI is InChI=1S/C31H26F5NO4/c1-18(38)37-22-11-12-25(27(15-22)29(39)40-3)23-6-4-5-7-24(23)26-14-19(31(34,35)36)9-13-28(26)41-17-20-8-10-21(32)16-30(20,2)33/h4-15H,16-17H2,1-3H3,(H,37,38). The molecule has 0 bridgehead atoms. The Morgan fingerprint density at radius 2 is 1.63 bits per heavy atom. The zero-order valence-electron chi connectivity index (χ0n) is 22.4. The highest BCUT2D eigenvalue weighted by atomic mass is 19.4. The van der Waals surface area contributed by atoms with E-state index in [0.717, 1.165) is 24.3 Å². The van der Waals surface area contributed by atoms with E-state index in [0.29, 0.717) is 16.8 Å². The topological polar surface area (TPSA) is 64.6 Å². The van der Waals surface area contributed by atoms with E-state index in [1.807, 2.05) is 0 Å². The first-order valence-electron chi connectivity index (χ1n) is 12.5. The average molecular weight is 572 g/mol. The summed E-state index contributed by atoms with van der Waals surface area (Å²) in [6, 6.07) is 13.9. The van der Waals surface area contributed by atoms with E-state index in [-0.39, 0.29) is 40.5 Å². The molecular weight excluding hydrogens is 545 g/mol. The third-order valence-corrected chi connectivity index (χ3v) is 6.58. The highest BCUT2D eigenvalue weighted by molar-refractivity contribution is 6.02. The van der Waals surface area contributed by atoms with Crippen molar-refractivity contribution in [2.75, 3.05) is 19.0 Å². The molecule has 1 amide bonds. The molecule has 0 heterocycles. The third kappa shape index (κ3) is 6.65. The molecule has 1 aliphatic carbocycles. The van der Waals surface area contributed by atoms with Crippen LogP contribution in [0.25, 0.3) is 22.3 Å². The first-order valence-corrected chi connectivity index (χ1v) is 12.5. The maximum absolute atomic E-state index is 15.0. The summed E-state index contributed by atoms with van der Waals surface area (Å²) in [4.78, 5) is 24.3. The van der Waals surface area contributed by atoms with E-state index >= 15 is 4.39 Å². The molecule has 41 heavy (non-hydrogen) atoms. The molecule has 3 aromatic carbocycles. The predicted octanol–water partition coefficient (Wildman–Crippen LogP) is 8.07. The van der Waals surface area contributed by atoms with Gasteiger partial charge in [-0.1, -0.05) is 36.4 Å². The first-order chi connectivity index (χ1) is 19.3. The van der Waals surface area contributed by atoms with Crippen molar-refractivity contribution < 1.29 is 41.0 Å². The van der Waals surface area contributed by atoms with Crippen molar-refractivity contribution in [1.29, 1.82) is 0 Å². The van der Waals surface area contributed by atoms with Crippen molar-refractivity contribution in [2.24, 2.45) is 0 Å². The molecule has 3 aromatic rings. The number of hydrogen-bond acceptors (Lipinski definition) is 4. The summed E-state index contributed by atoms with van der Waals surface area (Å²) in [5.74, 6) is -1.70. The second-order valence-corrected chi connectivity index (χ2v) is 9.66. The number of methoxy groups -OCH3 is 1. The van der Waals surface area contributed by atoms with Gasteiger partial charge in [0.15, 0.2) is 0 Å². The molecule has 0 aromatic heterocycles. The van der Waals surface area contributed by atoms with Crippen LogP contribution < -0.4 is 10.1 Å². The Bertz CT molecular complexity index is 1560. The third-order valence-electron chi connectivity index (χ3n) is 6.58. The Kier molecular flexibility index (Phi) is 8.32. The van der Waals surface area contributed by atoms with Crippen molar-refractivity contribution in [3.63, 3.8) is 0 Å². The second-order valence-electron chi connectivity index (χ2n) is 9.66. The fourth-order valence-electron chi connectivity index (χ4n) is 4.54. The van der Waals surface area contributed by atoms with Crippen molar-refractivity contribution in [1.82, 2.24) is 0 Å². The Morgan fingerprint density at radius 1 is 0.951 bits per heavy atom. The number of rotatable bonds is 7. The average Bonchev–Trinajstić information content (AvgIpc) is 2.91. The number of halogens is 5. The maximum Gasteiger partial charge on any atom is 0.416 e. The van der Waals surface area contributed by atoms with Gasteiger partial charge in [0.1, 0.15) is 23.9 Å². The number of nitrogens with one attached hydrogen (secondary N) is 1. The van der Waals surface area contributed by atoms with E-state index in [4.69, 9.17) is 9.47 Å². The van der Waals surface area contributed by atoms with Gasteiger partial charge in [0.25, 0.3) is 0 Å². The summed E-state index contributed by atoms with van der Waals surface area (Å²) in [5, 5.41) is 2.58. The number of anilines is 1. The highest BCUT2D eigenvalue weighted by Crippen LogP contribution is 2.43. The molecule has 1 atom stereocenters.